The van der Waals surface area contributed by atoms with E-state index in [1.807, 2.05) is 12.1 Å². The summed E-state index contributed by atoms with van der Waals surface area (Å²) >= 11 is 0. The average molecular weight is 226 g/mol. The summed E-state index contributed by atoms with van der Waals surface area (Å²) in [6.07, 6.45) is 3.21. The van der Waals surface area contributed by atoms with Gasteiger partial charge in [-0.2, -0.15) is 0 Å². The molecule has 2 aromatic heterocycles. The number of hydrogen-bond donors (Lipinski definition) is 3. The molecule has 84 valence electrons. The van der Waals surface area contributed by atoms with Crippen molar-refractivity contribution in [3.05, 3.63) is 46.9 Å². The lowest BCUT2D eigenvalue weighted by Crippen LogP contribution is -2.03. The van der Waals surface area contributed by atoms with Crippen LogP contribution in [0.5, 0.6) is 0 Å². The van der Waals surface area contributed by atoms with Gasteiger partial charge in [-0.3, -0.25) is 4.79 Å². The molecule has 0 bridgehead atoms. The van der Waals surface area contributed by atoms with Crippen molar-refractivity contribution in [2.75, 3.05) is 5.73 Å². The summed E-state index contributed by atoms with van der Waals surface area (Å²) in [7, 11) is 0. The zero-order chi connectivity index (χ0) is 11.8. The van der Waals surface area contributed by atoms with Gasteiger partial charge in [0, 0.05) is 18.5 Å². The third-order valence-corrected chi connectivity index (χ3v) is 2.62. The number of hydrogen-bond acceptors (Lipinski definition) is 3. The quantitative estimate of drug-likeness (QED) is 0.549. The molecule has 4 N–H and O–H groups in total. The molecule has 3 aromatic rings. The van der Waals surface area contributed by atoms with Gasteiger partial charge in [-0.25, -0.2) is 4.98 Å². The average Bonchev–Trinajstić information content (AvgIpc) is 2.75. The Bertz CT molecular complexity index is 741. The molecule has 0 amide bonds. The molecule has 0 saturated carbocycles. The number of aromatic amines is 2. The number of benzene rings is 1. The van der Waals surface area contributed by atoms with Gasteiger partial charge in [-0.1, -0.05) is 6.07 Å². The van der Waals surface area contributed by atoms with E-state index in [0.29, 0.717) is 22.6 Å². The van der Waals surface area contributed by atoms with Gasteiger partial charge in [-0.15, -0.1) is 0 Å². The highest BCUT2D eigenvalue weighted by Crippen LogP contribution is 2.21. The lowest BCUT2D eigenvalue weighted by molar-refractivity contribution is 1.25. The fraction of sp³-hybridized carbons (Fsp3) is 0. The van der Waals surface area contributed by atoms with Crippen LogP contribution < -0.4 is 11.2 Å². The van der Waals surface area contributed by atoms with Crippen LogP contribution in [0.2, 0.25) is 0 Å². The van der Waals surface area contributed by atoms with Crippen molar-refractivity contribution in [2.24, 2.45) is 0 Å². The Morgan fingerprint density at radius 2 is 2.12 bits per heavy atom. The molecule has 0 unspecified atom stereocenters. The van der Waals surface area contributed by atoms with Crippen molar-refractivity contribution >= 4 is 16.7 Å². The maximum Gasteiger partial charge on any atom is 0.192 e. The number of imidazole rings is 1. The summed E-state index contributed by atoms with van der Waals surface area (Å²) in [5.74, 6) is 0.528. The fourth-order valence-corrected chi connectivity index (χ4v) is 1.78. The van der Waals surface area contributed by atoms with Gasteiger partial charge in [0.2, 0.25) is 0 Å². The minimum Gasteiger partial charge on any atom is -0.397 e. The summed E-state index contributed by atoms with van der Waals surface area (Å²) in [6.45, 7) is 0. The van der Waals surface area contributed by atoms with Gasteiger partial charge in [0.25, 0.3) is 0 Å². The van der Waals surface area contributed by atoms with Crippen LogP contribution in [0.25, 0.3) is 22.4 Å². The van der Waals surface area contributed by atoms with Crippen LogP contribution >= 0.6 is 0 Å². The number of para-hydroxylation sites is 1. The van der Waals surface area contributed by atoms with Gasteiger partial charge in [-0.05, 0) is 12.1 Å². The minimum atomic E-state index is -0.0821. The number of rotatable bonds is 1. The van der Waals surface area contributed by atoms with E-state index in [-0.39, 0.29) is 5.43 Å². The Hall–Kier alpha value is -2.56. The standard InChI is InChI=1S/C12H10N4O/c13-8-2-1-3-9-11(8)16-12(15-9)7-6-14-5-4-10(7)17/h1-6H,13H2,(H,14,17)(H,15,16). The first-order valence-corrected chi connectivity index (χ1v) is 5.17. The number of H-pyrrole nitrogens is 2. The van der Waals surface area contributed by atoms with Crippen LogP contribution in [0, 0.1) is 0 Å². The van der Waals surface area contributed by atoms with Crippen LogP contribution in [0.3, 0.4) is 0 Å². The van der Waals surface area contributed by atoms with Crippen LogP contribution in [0.15, 0.2) is 41.5 Å². The van der Waals surface area contributed by atoms with Crippen molar-refractivity contribution in [1.82, 2.24) is 15.0 Å². The summed E-state index contributed by atoms with van der Waals surface area (Å²) in [5, 5.41) is 0. The van der Waals surface area contributed by atoms with E-state index in [0.717, 1.165) is 5.52 Å². The molecule has 0 aliphatic carbocycles. The maximum absolute atomic E-state index is 11.7. The summed E-state index contributed by atoms with van der Waals surface area (Å²) in [4.78, 5) is 22.0. The number of nitrogens with two attached hydrogens (primary N) is 1. The number of anilines is 1. The zero-order valence-corrected chi connectivity index (χ0v) is 8.90. The Kier molecular flexibility index (Phi) is 1.98. The van der Waals surface area contributed by atoms with E-state index >= 15 is 0 Å². The number of nitrogen functional groups attached to an aromatic ring is 1. The topological polar surface area (TPSA) is 87.6 Å². The lowest BCUT2D eigenvalue weighted by Gasteiger charge is -1.92. The van der Waals surface area contributed by atoms with Crippen LogP contribution in [-0.4, -0.2) is 15.0 Å². The zero-order valence-electron chi connectivity index (χ0n) is 8.90. The van der Waals surface area contributed by atoms with Gasteiger partial charge < -0.3 is 15.7 Å². The second kappa shape index (κ2) is 3.48. The van der Waals surface area contributed by atoms with Crippen LogP contribution in [-0.2, 0) is 0 Å². The number of pyridine rings is 1. The van der Waals surface area contributed by atoms with Gasteiger partial charge in [0.05, 0.1) is 16.8 Å². The van der Waals surface area contributed by atoms with Crippen LogP contribution in [0.4, 0.5) is 5.69 Å². The number of fused-ring (bicyclic) bond motifs is 1. The molecular formula is C12H10N4O. The maximum atomic E-state index is 11.7. The third-order valence-electron chi connectivity index (χ3n) is 2.62. The largest absolute Gasteiger partial charge is 0.397 e. The Morgan fingerprint density at radius 3 is 2.88 bits per heavy atom. The van der Waals surface area contributed by atoms with Crippen LogP contribution in [0.1, 0.15) is 0 Å². The van der Waals surface area contributed by atoms with Crippen molar-refractivity contribution in [3.63, 3.8) is 0 Å². The predicted molar refractivity (Wildman–Crippen MR) is 66.6 cm³/mol. The summed E-state index contributed by atoms with van der Waals surface area (Å²) < 4.78 is 0. The first-order valence-electron chi connectivity index (χ1n) is 5.17. The Balaban J connectivity index is 2.30. The number of aromatic nitrogens is 3. The highest BCUT2D eigenvalue weighted by molar-refractivity contribution is 5.89. The summed E-state index contributed by atoms with van der Waals surface area (Å²) in [6, 6.07) is 6.96. The molecule has 0 aliphatic rings. The van der Waals surface area contributed by atoms with Gasteiger partial charge >= 0.3 is 0 Å². The van der Waals surface area contributed by atoms with E-state index in [4.69, 9.17) is 5.73 Å². The van der Waals surface area contributed by atoms with Crippen molar-refractivity contribution < 1.29 is 0 Å². The molecule has 0 saturated heterocycles. The molecule has 0 aliphatic heterocycles. The normalized spacial score (nSPS) is 10.8. The molecule has 5 heteroatoms. The van der Waals surface area contributed by atoms with E-state index in [1.54, 1.807) is 18.5 Å². The van der Waals surface area contributed by atoms with Crippen molar-refractivity contribution in [3.8, 4) is 11.4 Å². The second-order valence-corrected chi connectivity index (χ2v) is 3.75. The third kappa shape index (κ3) is 1.48. The van der Waals surface area contributed by atoms with Gasteiger partial charge in [0.15, 0.2) is 5.43 Å². The Labute approximate surface area is 96.3 Å². The van der Waals surface area contributed by atoms with Crippen molar-refractivity contribution in [2.45, 2.75) is 0 Å². The minimum absolute atomic E-state index is 0.0821. The highest BCUT2D eigenvalue weighted by atomic mass is 16.1. The first-order chi connectivity index (χ1) is 8.25. The molecule has 17 heavy (non-hydrogen) atoms. The smallest absolute Gasteiger partial charge is 0.192 e. The number of nitrogens with one attached hydrogen (secondary N) is 2. The molecule has 0 fully saturated rings. The number of nitrogens with zero attached hydrogens (tertiary/aromatic N) is 1. The van der Waals surface area contributed by atoms with Gasteiger partial charge in [0.1, 0.15) is 11.3 Å². The first kappa shape index (κ1) is 9.65. The molecule has 0 radical (unpaired) electrons. The molecular weight excluding hydrogens is 216 g/mol. The Morgan fingerprint density at radius 1 is 1.24 bits per heavy atom. The van der Waals surface area contributed by atoms with E-state index in [1.165, 1.54) is 6.07 Å². The monoisotopic (exact) mass is 226 g/mol. The van der Waals surface area contributed by atoms with E-state index in [9.17, 15) is 4.79 Å². The molecule has 5 nitrogen and oxygen atoms in total. The summed E-state index contributed by atoms with van der Waals surface area (Å²) in [5.41, 5.74) is 8.34. The SMILES string of the molecule is Nc1cccc2[nH]c(-c3c[nH]ccc3=O)nc12. The molecule has 3 rings (SSSR count). The fourth-order valence-electron chi connectivity index (χ4n) is 1.78. The molecule has 2 heterocycles. The molecule has 0 atom stereocenters. The molecule has 0 spiro atoms. The predicted octanol–water partition coefficient (Wildman–Crippen LogP) is 1.50. The highest BCUT2D eigenvalue weighted by Gasteiger charge is 2.09. The van der Waals surface area contributed by atoms with E-state index in [2.05, 4.69) is 15.0 Å². The molecule has 1 aromatic carbocycles. The lowest BCUT2D eigenvalue weighted by atomic mass is 10.2. The van der Waals surface area contributed by atoms with Crippen molar-refractivity contribution in [1.29, 1.82) is 0 Å². The second-order valence-electron chi connectivity index (χ2n) is 3.75. The van der Waals surface area contributed by atoms with E-state index < -0.39 is 0 Å².